The molecule has 1 fully saturated rings. The zero-order valence-corrected chi connectivity index (χ0v) is 14.7. The molecule has 144 valence electrons. The van der Waals surface area contributed by atoms with Gasteiger partial charge in [-0.2, -0.15) is 13.2 Å². The monoisotopic (exact) mass is 371 g/mol. The van der Waals surface area contributed by atoms with Gasteiger partial charge in [0.05, 0.1) is 18.7 Å². The van der Waals surface area contributed by atoms with Crippen molar-refractivity contribution in [3.05, 3.63) is 28.8 Å². The van der Waals surface area contributed by atoms with Gasteiger partial charge in [0.25, 0.3) is 0 Å². The quantitative estimate of drug-likeness (QED) is 0.262. The molecule has 0 amide bonds. The van der Waals surface area contributed by atoms with Gasteiger partial charge in [-0.05, 0) is 43.3 Å². The van der Waals surface area contributed by atoms with Gasteiger partial charge >= 0.3 is 6.18 Å². The number of anilines is 1. The minimum Gasteiger partial charge on any atom is -0.492 e. The Kier molecular flexibility index (Phi) is 7.84. The van der Waals surface area contributed by atoms with E-state index < -0.39 is 12.1 Å². The highest BCUT2D eigenvalue weighted by Gasteiger charge is 2.42. The topological polar surface area (TPSA) is 74.1 Å². The van der Waals surface area contributed by atoms with Crippen molar-refractivity contribution in [2.75, 3.05) is 31.1 Å². The third-order valence-electron chi connectivity index (χ3n) is 4.41. The minimum absolute atomic E-state index is 0.0352. The summed E-state index contributed by atoms with van der Waals surface area (Å²) in [5.74, 6) is -0.107. The zero-order chi connectivity index (χ0) is 18.8. The maximum atomic E-state index is 12.9. The normalized spacial score (nSPS) is 17.7. The highest BCUT2D eigenvalue weighted by atomic mass is 19.4. The highest BCUT2D eigenvalue weighted by Crippen LogP contribution is 2.34. The van der Waals surface area contributed by atoms with E-state index in [1.165, 1.54) is 0 Å². The predicted molar refractivity (Wildman–Crippen MR) is 93.2 cm³/mol. The second-order valence-corrected chi connectivity index (χ2v) is 6.40. The van der Waals surface area contributed by atoms with Crippen molar-refractivity contribution >= 4 is 5.82 Å². The number of aromatic nitrogens is 1. The van der Waals surface area contributed by atoms with Crippen LogP contribution < -0.4 is 9.64 Å². The van der Waals surface area contributed by atoms with Gasteiger partial charge in [0, 0.05) is 24.5 Å². The summed E-state index contributed by atoms with van der Waals surface area (Å²) in [4.78, 5) is 8.64. The fourth-order valence-electron chi connectivity index (χ4n) is 2.97. The molecule has 1 atom stereocenters. The van der Waals surface area contributed by atoms with Crippen LogP contribution in [0.2, 0.25) is 0 Å². The van der Waals surface area contributed by atoms with Crippen LogP contribution in [0, 0.1) is 5.92 Å². The largest absolute Gasteiger partial charge is 0.492 e. The SMILES string of the molecule is [N-]=[N+]=NCCCCCCOc1ccc(N2CCCC(C(F)(F)F)C2)nc1. The Labute approximate surface area is 151 Å². The maximum Gasteiger partial charge on any atom is 0.393 e. The third-order valence-corrected chi connectivity index (χ3v) is 4.41. The van der Waals surface area contributed by atoms with Gasteiger partial charge in [0.2, 0.25) is 0 Å². The van der Waals surface area contributed by atoms with Crippen molar-refractivity contribution in [1.29, 1.82) is 0 Å². The molecular weight excluding hydrogens is 347 g/mol. The number of ether oxygens (including phenoxy) is 1. The molecule has 6 nitrogen and oxygen atoms in total. The number of pyridine rings is 1. The summed E-state index contributed by atoms with van der Waals surface area (Å²) in [6, 6.07) is 3.47. The van der Waals surface area contributed by atoms with E-state index in [9.17, 15) is 13.2 Å². The molecule has 2 rings (SSSR count). The van der Waals surface area contributed by atoms with Crippen LogP contribution in [0.1, 0.15) is 38.5 Å². The van der Waals surface area contributed by atoms with Gasteiger partial charge in [-0.3, -0.25) is 0 Å². The molecule has 1 unspecified atom stereocenters. The lowest BCUT2D eigenvalue weighted by Crippen LogP contribution is -2.42. The molecule has 9 heteroatoms. The Bertz CT molecular complexity index is 587. The summed E-state index contributed by atoms with van der Waals surface area (Å²) in [5.41, 5.74) is 8.16. The van der Waals surface area contributed by atoms with Crippen LogP contribution in [0.25, 0.3) is 10.4 Å². The first-order valence-corrected chi connectivity index (χ1v) is 8.92. The average molecular weight is 371 g/mol. The van der Waals surface area contributed by atoms with Crippen molar-refractivity contribution in [3.63, 3.8) is 0 Å². The van der Waals surface area contributed by atoms with E-state index in [4.69, 9.17) is 10.3 Å². The van der Waals surface area contributed by atoms with E-state index >= 15 is 0 Å². The van der Waals surface area contributed by atoms with Crippen LogP contribution in [0.5, 0.6) is 5.75 Å². The predicted octanol–water partition coefficient (Wildman–Crippen LogP) is 5.11. The van der Waals surface area contributed by atoms with Gasteiger partial charge in [0.15, 0.2) is 0 Å². The number of unbranched alkanes of at least 4 members (excludes halogenated alkanes) is 3. The van der Waals surface area contributed by atoms with Crippen molar-refractivity contribution in [2.45, 2.75) is 44.7 Å². The molecule has 0 aromatic carbocycles. The summed E-state index contributed by atoms with van der Waals surface area (Å²) in [7, 11) is 0. The molecule has 0 saturated carbocycles. The number of hydrogen-bond acceptors (Lipinski definition) is 4. The molecule has 0 bridgehead atoms. The standard InChI is InChI=1S/C17H24F3N5O/c18-17(19,20)14-6-5-10-25(13-14)16-8-7-15(12-22-16)26-11-4-2-1-3-9-23-24-21/h7-8,12,14H,1-6,9-11,13H2. The smallest absolute Gasteiger partial charge is 0.393 e. The molecule has 26 heavy (non-hydrogen) atoms. The van der Waals surface area contributed by atoms with Gasteiger partial charge in [-0.1, -0.05) is 18.0 Å². The second-order valence-electron chi connectivity index (χ2n) is 6.40. The molecule has 1 aromatic rings. The van der Waals surface area contributed by atoms with Crippen molar-refractivity contribution in [2.24, 2.45) is 11.0 Å². The number of piperidine rings is 1. The average Bonchev–Trinajstić information content (AvgIpc) is 2.64. The number of alkyl halides is 3. The lowest BCUT2D eigenvalue weighted by molar-refractivity contribution is -0.176. The van der Waals surface area contributed by atoms with Gasteiger partial charge in [-0.25, -0.2) is 4.98 Å². The minimum atomic E-state index is -4.15. The Morgan fingerprint density at radius 3 is 2.77 bits per heavy atom. The Morgan fingerprint density at radius 2 is 2.08 bits per heavy atom. The molecule has 0 N–H and O–H groups in total. The van der Waals surface area contributed by atoms with E-state index in [-0.39, 0.29) is 13.0 Å². The van der Waals surface area contributed by atoms with Gasteiger partial charge in [-0.15, -0.1) is 0 Å². The molecule has 2 heterocycles. The molecule has 1 aromatic heterocycles. The molecule has 1 aliphatic rings. The van der Waals surface area contributed by atoms with E-state index in [1.54, 1.807) is 23.2 Å². The lowest BCUT2D eigenvalue weighted by atomic mass is 9.97. The second kappa shape index (κ2) is 10.1. The summed E-state index contributed by atoms with van der Waals surface area (Å²) >= 11 is 0. The van der Waals surface area contributed by atoms with Crippen molar-refractivity contribution in [3.8, 4) is 5.75 Å². The number of azide groups is 1. The van der Waals surface area contributed by atoms with Crippen LogP contribution >= 0.6 is 0 Å². The summed E-state index contributed by atoms with van der Waals surface area (Å²) in [6.07, 6.45) is 1.84. The van der Waals surface area contributed by atoms with Crippen LogP contribution in [0.4, 0.5) is 19.0 Å². The number of halogens is 3. The zero-order valence-electron chi connectivity index (χ0n) is 14.7. The van der Waals surface area contributed by atoms with E-state index in [0.717, 1.165) is 25.7 Å². The summed E-state index contributed by atoms with van der Waals surface area (Å²) in [6.45, 7) is 1.64. The Hall–Kier alpha value is -2.15. The lowest BCUT2D eigenvalue weighted by Gasteiger charge is -2.34. The van der Waals surface area contributed by atoms with Crippen LogP contribution in [-0.4, -0.2) is 37.4 Å². The van der Waals surface area contributed by atoms with Crippen LogP contribution in [0.15, 0.2) is 23.4 Å². The molecular formula is C17H24F3N5O. The van der Waals surface area contributed by atoms with Crippen LogP contribution in [0.3, 0.4) is 0 Å². The first-order chi connectivity index (χ1) is 12.5. The highest BCUT2D eigenvalue weighted by molar-refractivity contribution is 5.41. The molecule has 1 saturated heterocycles. The van der Waals surface area contributed by atoms with Crippen molar-refractivity contribution in [1.82, 2.24) is 4.98 Å². The number of hydrogen-bond donors (Lipinski definition) is 0. The fraction of sp³-hybridized carbons (Fsp3) is 0.706. The molecule has 0 spiro atoms. The summed E-state index contributed by atoms with van der Waals surface area (Å²) < 4.78 is 44.3. The Balaban J connectivity index is 1.71. The number of rotatable bonds is 9. The molecule has 1 aliphatic heterocycles. The fourth-order valence-corrected chi connectivity index (χ4v) is 2.97. The maximum absolute atomic E-state index is 12.9. The molecule has 0 radical (unpaired) electrons. The van der Waals surface area contributed by atoms with Gasteiger partial charge in [0.1, 0.15) is 11.6 Å². The molecule has 0 aliphatic carbocycles. The van der Waals surface area contributed by atoms with Gasteiger partial charge < -0.3 is 9.64 Å². The first-order valence-electron chi connectivity index (χ1n) is 8.92. The van der Waals surface area contributed by atoms with E-state index in [1.807, 2.05) is 0 Å². The van der Waals surface area contributed by atoms with E-state index in [2.05, 4.69) is 15.0 Å². The first kappa shape index (κ1) is 20.2. The third kappa shape index (κ3) is 6.63. The van der Waals surface area contributed by atoms with Crippen molar-refractivity contribution < 1.29 is 17.9 Å². The van der Waals surface area contributed by atoms with E-state index in [0.29, 0.717) is 37.7 Å². The summed E-state index contributed by atoms with van der Waals surface area (Å²) in [5, 5.41) is 3.48. The number of nitrogens with zero attached hydrogens (tertiary/aromatic N) is 5. The Morgan fingerprint density at radius 1 is 1.27 bits per heavy atom. The van der Waals surface area contributed by atoms with Crippen LogP contribution in [-0.2, 0) is 0 Å².